The van der Waals surface area contributed by atoms with Gasteiger partial charge >= 0.3 is 0 Å². The lowest BCUT2D eigenvalue weighted by molar-refractivity contribution is 0.0991. The molecule has 0 bridgehead atoms. The first-order valence-corrected chi connectivity index (χ1v) is 11.0. The maximum Gasteiger partial charge on any atom is 0.169 e. The van der Waals surface area contributed by atoms with Gasteiger partial charge in [0.1, 0.15) is 5.82 Å². The van der Waals surface area contributed by atoms with Crippen LogP contribution in [0.3, 0.4) is 0 Å². The minimum absolute atomic E-state index is 0.00221. The van der Waals surface area contributed by atoms with Crippen molar-refractivity contribution in [2.24, 2.45) is 0 Å². The highest BCUT2D eigenvalue weighted by Crippen LogP contribution is 2.25. The summed E-state index contributed by atoms with van der Waals surface area (Å²) in [6.07, 6.45) is 5.28. The summed E-state index contributed by atoms with van der Waals surface area (Å²) in [6, 6.07) is 13.4. The second-order valence-electron chi connectivity index (χ2n) is 8.41. The molecular weight excluding hydrogens is 414 g/mol. The first-order chi connectivity index (χ1) is 16.0. The van der Waals surface area contributed by atoms with E-state index in [1.165, 1.54) is 0 Å². The Balaban J connectivity index is 1.36. The molecule has 0 saturated carbocycles. The van der Waals surface area contributed by atoms with Gasteiger partial charge in [0.05, 0.1) is 23.3 Å². The van der Waals surface area contributed by atoms with Crippen LogP contribution < -0.4 is 10.6 Å². The van der Waals surface area contributed by atoms with Gasteiger partial charge in [-0.05, 0) is 49.0 Å². The minimum atomic E-state index is -0.00221. The lowest BCUT2D eigenvalue weighted by Crippen LogP contribution is -2.44. The van der Waals surface area contributed by atoms with Crippen LogP contribution in [0.1, 0.15) is 16.1 Å². The molecule has 0 spiro atoms. The van der Waals surface area contributed by atoms with Crippen molar-refractivity contribution < 1.29 is 4.79 Å². The zero-order valence-electron chi connectivity index (χ0n) is 18.5. The van der Waals surface area contributed by atoms with Gasteiger partial charge in [-0.25, -0.2) is 4.98 Å². The van der Waals surface area contributed by atoms with Gasteiger partial charge in [-0.15, -0.1) is 0 Å². The summed E-state index contributed by atoms with van der Waals surface area (Å²) in [4.78, 5) is 26.2. The summed E-state index contributed by atoms with van der Waals surface area (Å²) in [7, 11) is 2.12. The van der Waals surface area contributed by atoms with Crippen LogP contribution in [-0.4, -0.2) is 64.1 Å². The van der Waals surface area contributed by atoms with E-state index in [2.05, 4.69) is 37.0 Å². The SMILES string of the molecule is CN1CCN(c2cc(C(=O)Cc3cc4cc(-c5cncc(N)c5)ccc4nn3)ccn2)CC1. The minimum Gasteiger partial charge on any atom is -0.397 e. The van der Waals surface area contributed by atoms with Gasteiger partial charge in [0.25, 0.3) is 0 Å². The fourth-order valence-corrected chi connectivity index (χ4v) is 4.04. The lowest BCUT2D eigenvalue weighted by Gasteiger charge is -2.33. The topological polar surface area (TPSA) is 101 Å². The number of pyridine rings is 2. The molecule has 1 aliphatic heterocycles. The van der Waals surface area contributed by atoms with Crippen molar-refractivity contribution in [3.05, 3.63) is 72.3 Å². The molecule has 0 unspecified atom stereocenters. The van der Waals surface area contributed by atoms with Crippen LogP contribution in [0, 0.1) is 0 Å². The number of anilines is 2. The number of benzene rings is 1. The number of likely N-dealkylation sites (N-methyl/N-ethyl adjacent to an activating group) is 1. The van der Waals surface area contributed by atoms with Crippen LogP contribution in [-0.2, 0) is 6.42 Å². The number of aromatic nitrogens is 4. The van der Waals surface area contributed by atoms with Crippen molar-refractivity contribution in [3.63, 3.8) is 0 Å². The third kappa shape index (κ3) is 4.65. The molecule has 1 aliphatic rings. The second kappa shape index (κ2) is 8.91. The fraction of sp³-hybridized carbons (Fsp3) is 0.240. The summed E-state index contributed by atoms with van der Waals surface area (Å²) >= 11 is 0. The Morgan fingerprint density at radius 3 is 2.64 bits per heavy atom. The molecular formula is C25H25N7O. The number of carbonyl (C=O) groups is 1. The summed E-state index contributed by atoms with van der Waals surface area (Å²) in [5.74, 6) is 0.844. The van der Waals surface area contributed by atoms with Crippen LogP contribution in [0.4, 0.5) is 11.5 Å². The fourth-order valence-electron chi connectivity index (χ4n) is 4.04. The molecule has 0 atom stereocenters. The Morgan fingerprint density at radius 1 is 0.970 bits per heavy atom. The molecule has 2 N–H and O–H groups in total. The van der Waals surface area contributed by atoms with Crippen molar-refractivity contribution in [3.8, 4) is 11.1 Å². The van der Waals surface area contributed by atoms with Gasteiger partial charge in [-0.2, -0.15) is 10.2 Å². The van der Waals surface area contributed by atoms with Crippen molar-refractivity contribution in [2.45, 2.75) is 6.42 Å². The van der Waals surface area contributed by atoms with E-state index in [-0.39, 0.29) is 12.2 Å². The zero-order chi connectivity index (χ0) is 22.8. The third-order valence-corrected chi connectivity index (χ3v) is 5.96. The molecule has 4 heterocycles. The highest BCUT2D eigenvalue weighted by molar-refractivity contribution is 5.98. The molecule has 0 radical (unpaired) electrons. The molecule has 0 amide bonds. The van der Waals surface area contributed by atoms with E-state index in [4.69, 9.17) is 5.73 Å². The number of nitrogens with two attached hydrogens (primary N) is 1. The third-order valence-electron chi connectivity index (χ3n) is 5.96. The molecule has 33 heavy (non-hydrogen) atoms. The number of ketones is 1. The van der Waals surface area contributed by atoms with Crippen LogP contribution in [0.25, 0.3) is 22.0 Å². The molecule has 0 aliphatic carbocycles. The largest absolute Gasteiger partial charge is 0.397 e. The predicted molar refractivity (Wildman–Crippen MR) is 129 cm³/mol. The molecule has 8 nitrogen and oxygen atoms in total. The first kappa shape index (κ1) is 21.0. The van der Waals surface area contributed by atoms with Gasteiger partial charge in [0.15, 0.2) is 5.78 Å². The number of fused-ring (bicyclic) bond motifs is 1. The van der Waals surface area contributed by atoms with Gasteiger partial charge in [-0.3, -0.25) is 9.78 Å². The number of nitrogens with zero attached hydrogens (tertiary/aromatic N) is 6. The molecule has 8 heteroatoms. The van der Waals surface area contributed by atoms with E-state index in [1.54, 1.807) is 24.7 Å². The van der Waals surface area contributed by atoms with Crippen molar-refractivity contribution in [1.29, 1.82) is 0 Å². The predicted octanol–water partition coefficient (Wildman–Crippen LogP) is 2.85. The maximum atomic E-state index is 13.0. The van der Waals surface area contributed by atoms with Crippen LogP contribution in [0.5, 0.6) is 0 Å². The monoisotopic (exact) mass is 439 g/mol. The average molecular weight is 440 g/mol. The van der Waals surface area contributed by atoms with E-state index in [1.807, 2.05) is 36.4 Å². The summed E-state index contributed by atoms with van der Waals surface area (Å²) in [5, 5.41) is 9.50. The lowest BCUT2D eigenvalue weighted by atomic mass is 10.0. The Labute approximate surface area is 192 Å². The van der Waals surface area contributed by atoms with Crippen LogP contribution >= 0.6 is 0 Å². The zero-order valence-corrected chi connectivity index (χ0v) is 18.5. The molecule has 1 fully saturated rings. The smallest absolute Gasteiger partial charge is 0.169 e. The quantitative estimate of drug-likeness (QED) is 0.474. The Bertz CT molecular complexity index is 1320. The number of hydrogen-bond donors (Lipinski definition) is 1. The van der Waals surface area contributed by atoms with E-state index in [0.717, 1.165) is 54.0 Å². The van der Waals surface area contributed by atoms with Crippen LogP contribution in [0.2, 0.25) is 0 Å². The van der Waals surface area contributed by atoms with Crippen molar-refractivity contribution in [1.82, 2.24) is 25.1 Å². The van der Waals surface area contributed by atoms with Crippen molar-refractivity contribution in [2.75, 3.05) is 43.9 Å². The molecule has 1 aromatic carbocycles. The number of rotatable bonds is 5. The number of piperazine rings is 1. The molecule has 5 rings (SSSR count). The normalized spacial score (nSPS) is 14.5. The van der Waals surface area contributed by atoms with Crippen molar-refractivity contribution >= 4 is 28.2 Å². The summed E-state index contributed by atoms with van der Waals surface area (Å²) < 4.78 is 0. The van der Waals surface area contributed by atoms with E-state index >= 15 is 0 Å². The van der Waals surface area contributed by atoms with E-state index in [0.29, 0.717) is 16.9 Å². The van der Waals surface area contributed by atoms with E-state index in [9.17, 15) is 4.79 Å². The van der Waals surface area contributed by atoms with Gasteiger partial charge in [0.2, 0.25) is 0 Å². The number of Topliss-reactive ketones (excluding diaryl/α,β-unsaturated/α-hetero) is 1. The number of hydrogen-bond acceptors (Lipinski definition) is 8. The maximum absolute atomic E-state index is 13.0. The summed E-state index contributed by atoms with van der Waals surface area (Å²) in [5.41, 5.74) is 10.4. The average Bonchev–Trinajstić information content (AvgIpc) is 2.84. The molecule has 4 aromatic rings. The number of nitrogen functional groups attached to an aromatic ring is 1. The number of carbonyl (C=O) groups excluding carboxylic acids is 1. The standard InChI is InChI=1S/C25H25N7O/c1-31-6-8-32(9-7-31)25-13-18(4-5-28-25)24(33)14-22-12-19-10-17(2-3-23(19)30-29-22)20-11-21(26)16-27-15-20/h2-5,10-13,15-16H,6-9,14,26H2,1H3. The highest BCUT2D eigenvalue weighted by atomic mass is 16.1. The molecule has 166 valence electrons. The van der Waals surface area contributed by atoms with Gasteiger partial charge in [0, 0.05) is 61.3 Å². The van der Waals surface area contributed by atoms with Gasteiger partial charge < -0.3 is 15.5 Å². The second-order valence-corrected chi connectivity index (χ2v) is 8.41. The van der Waals surface area contributed by atoms with Crippen LogP contribution in [0.15, 0.2) is 61.1 Å². The Morgan fingerprint density at radius 2 is 1.82 bits per heavy atom. The first-order valence-electron chi connectivity index (χ1n) is 11.0. The molecule has 3 aromatic heterocycles. The Hall–Kier alpha value is -3.91. The summed E-state index contributed by atoms with van der Waals surface area (Å²) in [6.45, 7) is 3.78. The Kier molecular flexibility index (Phi) is 5.66. The molecule has 1 saturated heterocycles. The van der Waals surface area contributed by atoms with E-state index < -0.39 is 0 Å². The van der Waals surface area contributed by atoms with Gasteiger partial charge in [-0.1, -0.05) is 6.07 Å². The highest BCUT2D eigenvalue weighted by Gasteiger charge is 2.17.